The minimum Gasteiger partial charge on any atom is -0.406 e. The summed E-state index contributed by atoms with van der Waals surface area (Å²) >= 11 is 0. The molecule has 176 valence electrons. The Morgan fingerprint density at radius 2 is 1.74 bits per heavy atom. The van der Waals surface area contributed by atoms with Crippen LogP contribution in [0.25, 0.3) is 10.9 Å². The summed E-state index contributed by atoms with van der Waals surface area (Å²) < 4.78 is 68.2. The molecule has 2 heterocycles. The molecule has 0 unspecified atom stereocenters. The SMILES string of the molecule is CC(=O)Nc1cccc(Nc2cc3c(ccn3S(=O)(=O)c3ccc(OC(F)(F)F)cc3)cn2)c1. The zero-order valence-corrected chi connectivity index (χ0v) is 18.3. The van der Waals surface area contributed by atoms with Crippen LogP contribution in [0.4, 0.5) is 30.4 Å². The van der Waals surface area contributed by atoms with Gasteiger partial charge in [0.2, 0.25) is 5.91 Å². The maximum Gasteiger partial charge on any atom is 0.573 e. The highest BCUT2D eigenvalue weighted by Gasteiger charge is 2.31. The van der Waals surface area contributed by atoms with Gasteiger partial charge in [-0.25, -0.2) is 17.4 Å². The topological polar surface area (TPSA) is 102 Å². The third-order valence-corrected chi connectivity index (χ3v) is 6.31. The summed E-state index contributed by atoms with van der Waals surface area (Å²) in [5.41, 5.74) is 1.49. The lowest BCUT2D eigenvalue weighted by molar-refractivity contribution is -0.274. The molecule has 1 amide bonds. The minimum absolute atomic E-state index is 0.214. The summed E-state index contributed by atoms with van der Waals surface area (Å²) in [6, 6.07) is 13.9. The van der Waals surface area contributed by atoms with Gasteiger partial charge in [0.05, 0.1) is 10.4 Å². The summed E-state index contributed by atoms with van der Waals surface area (Å²) in [5.74, 6) is -0.407. The maximum atomic E-state index is 13.1. The van der Waals surface area contributed by atoms with Gasteiger partial charge in [-0.15, -0.1) is 13.2 Å². The zero-order valence-electron chi connectivity index (χ0n) is 17.5. The number of anilines is 3. The van der Waals surface area contributed by atoms with Crippen molar-refractivity contribution in [3.8, 4) is 5.75 Å². The van der Waals surface area contributed by atoms with Crippen LogP contribution in [0.2, 0.25) is 0 Å². The van der Waals surface area contributed by atoms with Gasteiger partial charge < -0.3 is 15.4 Å². The van der Waals surface area contributed by atoms with Gasteiger partial charge in [-0.05, 0) is 48.5 Å². The average Bonchev–Trinajstić information content (AvgIpc) is 3.17. The molecule has 0 saturated heterocycles. The summed E-state index contributed by atoms with van der Waals surface area (Å²) in [7, 11) is -4.12. The molecule has 34 heavy (non-hydrogen) atoms. The quantitative estimate of drug-likeness (QED) is 0.400. The van der Waals surface area contributed by atoms with Crippen LogP contribution in [-0.4, -0.2) is 29.6 Å². The summed E-state index contributed by atoms with van der Waals surface area (Å²) in [6.07, 6.45) is -2.06. The molecule has 2 aromatic heterocycles. The molecule has 2 aromatic carbocycles. The number of carbonyl (C=O) groups is 1. The minimum atomic E-state index is -4.88. The normalized spacial score (nSPS) is 11.9. The van der Waals surface area contributed by atoms with E-state index >= 15 is 0 Å². The number of aromatic nitrogens is 2. The lowest BCUT2D eigenvalue weighted by Gasteiger charge is -2.11. The van der Waals surface area contributed by atoms with Crippen molar-refractivity contribution in [2.45, 2.75) is 18.2 Å². The molecule has 0 aliphatic heterocycles. The van der Waals surface area contributed by atoms with Gasteiger partial charge in [0.15, 0.2) is 0 Å². The molecule has 0 aliphatic rings. The molecule has 8 nitrogen and oxygen atoms in total. The van der Waals surface area contributed by atoms with Crippen LogP contribution in [0.3, 0.4) is 0 Å². The smallest absolute Gasteiger partial charge is 0.406 e. The first-order valence-corrected chi connectivity index (χ1v) is 11.2. The van der Waals surface area contributed by atoms with E-state index in [0.717, 1.165) is 28.2 Å². The highest BCUT2D eigenvalue weighted by atomic mass is 32.2. The number of ether oxygens (including phenoxy) is 1. The third-order valence-electron chi connectivity index (χ3n) is 4.61. The lowest BCUT2D eigenvalue weighted by Crippen LogP contribution is -2.17. The van der Waals surface area contributed by atoms with Crippen molar-refractivity contribution in [3.63, 3.8) is 0 Å². The number of hydrogen-bond acceptors (Lipinski definition) is 6. The highest BCUT2D eigenvalue weighted by molar-refractivity contribution is 7.90. The first-order valence-electron chi connectivity index (χ1n) is 9.74. The molecule has 0 saturated carbocycles. The van der Waals surface area contributed by atoms with Gasteiger partial charge in [-0.3, -0.25) is 4.79 Å². The van der Waals surface area contributed by atoms with Crippen LogP contribution >= 0.6 is 0 Å². The van der Waals surface area contributed by atoms with Crippen molar-refractivity contribution in [2.75, 3.05) is 10.6 Å². The molecular formula is C22H17F3N4O4S. The largest absolute Gasteiger partial charge is 0.573 e. The molecule has 0 spiro atoms. The van der Waals surface area contributed by atoms with Crippen molar-refractivity contribution >= 4 is 44.0 Å². The number of fused-ring (bicyclic) bond motifs is 1. The highest BCUT2D eigenvalue weighted by Crippen LogP contribution is 2.28. The Morgan fingerprint density at radius 1 is 1.03 bits per heavy atom. The standard InChI is InChI=1S/C22H17F3N4O4S/c1-14(30)27-16-3-2-4-17(11-16)28-21-12-20-15(13-26-21)9-10-29(20)34(31,32)19-7-5-18(6-8-19)33-22(23,24)25/h2-13H,1H3,(H,26,28)(H,27,30). The molecular weight excluding hydrogens is 473 g/mol. The number of hydrogen-bond donors (Lipinski definition) is 2. The van der Waals surface area contributed by atoms with Crippen LogP contribution in [0.15, 0.2) is 78.0 Å². The first kappa shape index (κ1) is 23.1. The van der Waals surface area contributed by atoms with Gasteiger partial charge in [-0.1, -0.05) is 6.07 Å². The van der Waals surface area contributed by atoms with E-state index in [1.807, 2.05) is 0 Å². The Balaban J connectivity index is 1.64. The Bertz CT molecular complexity index is 1470. The van der Waals surface area contributed by atoms with Crippen molar-refractivity contribution in [1.82, 2.24) is 8.96 Å². The second kappa shape index (κ2) is 8.71. The van der Waals surface area contributed by atoms with E-state index in [1.165, 1.54) is 25.4 Å². The molecule has 0 fully saturated rings. The fraction of sp³-hybridized carbons (Fsp3) is 0.0909. The number of amides is 1. The molecule has 0 aliphatic carbocycles. The average molecular weight is 490 g/mol. The summed E-state index contributed by atoms with van der Waals surface area (Å²) in [4.78, 5) is 15.3. The number of halogens is 3. The maximum absolute atomic E-state index is 13.1. The molecule has 0 radical (unpaired) electrons. The number of nitrogens with zero attached hydrogens (tertiary/aromatic N) is 2. The molecule has 4 aromatic rings. The van der Waals surface area contributed by atoms with E-state index in [9.17, 15) is 26.4 Å². The van der Waals surface area contributed by atoms with Crippen molar-refractivity contribution in [3.05, 3.63) is 73.1 Å². The second-order valence-corrected chi connectivity index (χ2v) is 8.97. The van der Waals surface area contributed by atoms with Gasteiger partial charge in [0, 0.05) is 42.1 Å². The Morgan fingerprint density at radius 3 is 2.41 bits per heavy atom. The molecule has 2 N–H and O–H groups in total. The van der Waals surface area contributed by atoms with Crippen molar-refractivity contribution in [2.24, 2.45) is 0 Å². The van der Waals surface area contributed by atoms with Crippen molar-refractivity contribution < 1.29 is 31.1 Å². The Labute approximate surface area is 192 Å². The van der Waals surface area contributed by atoms with Gasteiger partial charge in [0.25, 0.3) is 10.0 Å². The Kier molecular flexibility index (Phi) is 5.92. The van der Waals surface area contributed by atoms with Crippen LogP contribution in [-0.2, 0) is 14.8 Å². The van der Waals surface area contributed by atoms with Crippen LogP contribution in [0.1, 0.15) is 6.92 Å². The van der Waals surface area contributed by atoms with Crippen LogP contribution in [0, 0.1) is 0 Å². The fourth-order valence-electron chi connectivity index (χ4n) is 3.23. The van der Waals surface area contributed by atoms with E-state index in [2.05, 4.69) is 20.4 Å². The van der Waals surface area contributed by atoms with Gasteiger partial charge >= 0.3 is 6.36 Å². The third kappa shape index (κ3) is 5.12. The molecule has 0 bridgehead atoms. The Hall–Kier alpha value is -4.06. The second-order valence-electron chi connectivity index (χ2n) is 7.15. The van der Waals surface area contributed by atoms with E-state index < -0.39 is 22.1 Å². The van der Waals surface area contributed by atoms with Crippen LogP contribution in [0.5, 0.6) is 5.75 Å². The van der Waals surface area contributed by atoms with E-state index in [0.29, 0.717) is 28.1 Å². The molecule has 12 heteroatoms. The lowest BCUT2D eigenvalue weighted by atomic mass is 10.2. The van der Waals surface area contributed by atoms with Gasteiger partial charge in [0.1, 0.15) is 11.6 Å². The zero-order chi connectivity index (χ0) is 24.5. The predicted molar refractivity (Wildman–Crippen MR) is 119 cm³/mol. The fourth-order valence-corrected chi connectivity index (χ4v) is 4.58. The van der Waals surface area contributed by atoms with Crippen LogP contribution < -0.4 is 15.4 Å². The first-order chi connectivity index (χ1) is 16.0. The van der Waals surface area contributed by atoms with E-state index in [-0.39, 0.29) is 10.8 Å². The number of alkyl halides is 3. The van der Waals surface area contributed by atoms with E-state index in [1.54, 1.807) is 30.3 Å². The van der Waals surface area contributed by atoms with Crippen molar-refractivity contribution in [1.29, 1.82) is 0 Å². The molecule has 0 atom stereocenters. The number of pyridine rings is 1. The number of nitrogens with one attached hydrogen (secondary N) is 2. The number of rotatable bonds is 6. The number of benzene rings is 2. The van der Waals surface area contributed by atoms with E-state index in [4.69, 9.17) is 0 Å². The molecule has 4 rings (SSSR count). The predicted octanol–water partition coefficient (Wildman–Crippen LogP) is 4.87. The summed E-state index contributed by atoms with van der Waals surface area (Å²) in [5, 5.41) is 6.26. The number of carbonyl (C=O) groups excluding carboxylic acids is 1. The monoisotopic (exact) mass is 490 g/mol. The van der Waals surface area contributed by atoms with Gasteiger partial charge in [-0.2, -0.15) is 0 Å². The summed E-state index contributed by atoms with van der Waals surface area (Å²) in [6.45, 7) is 1.39.